The fraction of sp³-hybridized carbons (Fsp3) is 0.556. The summed E-state index contributed by atoms with van der Waals surface area (Å²) in [4.78, 5) is 19.1. The van der Waals surface area contributed by atoms with Gasteiger partial charge in [-0.25, -0.2) is 12.7 Å². The number of sulfonamides is 1. The minimum atomic E-state index is -3.18. The molecule has 9 heteroatoms. The number of thioether (sulfide) groups is 1. The highest BCUT2D eigenvalue weighted by atomic mass is 32.2. The second-order valence-corrected chi connectivity index (χ2v) is 10.6. The molecule has 0 saturated carbocycles. The van der Waals surface area contributed by atoms with Gasteiger partial charge in [0.2, 0.25) is 10.0 Å². The Labute approximate surface area is 168 Å². The number of rotatable bonds is 5. The van der Waals surface area contributed by atoms with Crippen molar-refractivity contribution in [2.45, 2.75) is 37.6 Å². The van der Waals surface area contributed by atoms with E-state index in [4.69, 9.17) is 0 Å². The highest BCUT2D eigenvalue weighted by Gasteiger charge is 2.28. The number of piperidine rings is 1. The summed E-state index contributed by atoms with van der Waals surface area (Å²) in [5.74, 6) is -0.338. The first-order chi connectivity index (χ1) is 12.8. The molecule has 1 aromatic carbocycles. The number of hydrogen-bond acceptors (Lipinski definition) is 5. The number of nitrogens with zero attached hydrogens (tertiary/aromatic N) is 3. The highest BCUT2D eigenvalue weighted by molar-refractivity contribution is 7.98. The van der Waals surface area contributed by atoms with Gasteiger partial charge in [0.05, 0.1) is 16.5 Å². The summed E-state index contributed by atoms with van der Waals surface area (Å²) in [6.45, 7) is 3.71. The molecule has 3 rings (SSSR count). The number of aryl methyl sites for hydroxylation is 1. The first kappa shape index (κ1) is 20.6. The third kappa shape index (κ3) is 4.64. The lowest BCUT2D eigenvalue weighted by atomic mass is 9.98. The average Bonchev–Trinajstić information content (AvgIpc) is 2.97. The van der Waals surface area contributed by atoms with Crippen molar-refractivity contribution < 1.29 is 13.2 Å². The molecule has 27 heavy (non-hydrogen) atoms. The summed E-state index contributed by atoms with van der Waals surface area (Å²) in [5, 5.41) is 0. The van der Waals surface area contributed by atoms with Crippen molar-refractivity contribution in [3.05, 3.63) is 23.0 Å². The Kier molecular flexibility index (Phi) is 6.45. The quantitative estimate of drug-likeness (QED) is 0.688. The highest BCUT2D eigenvalue weighted by Crippen LogP contribution is 2.25. The van der Waals surface area contributed by atoms with E-state index in [0.717, 1.165) is 28.0 Å². The number of benzene rings is 1. The molecule has 0 radical (unpaired) electrons. The third-order valence-corrected chi connectivity index (χ3v) is 7.88. The summed E-state index contributed by atoms with van der Waals surface area (Å²) in [6, 6.07) is 6.34. The van der Waals surface area contributed by atoms with E-state index >= 15 is 0 Å². The molecule has 6 nitrogen and oxygen atoms in total. The smallest absolute Gasteiger partial charge is 0.251 e. The first-order valence-corrected chi connectivity index (χ1v) is 12.9. The molecule has 2 aromatic rings. The van der Waals surface area contributed by atoms with Crippen LogP contribution in [0.15, 0.2) is 28.1 Å². The molecule has 0 unspecified atom stereocenters. The standard InChI is InChI=1S/C18H25N3O3S3/c1-4-9-21-15-6-5-14(25-2)12-16(15)26-18(21)19-17(22)13-7-10-20(11-8-13)27(3,23)24/h5-6,12-13H,4,7-11H2,1-3H3. The number of aromatic nitrogens is 1. The summed E-state index contributed by atoms with van der Waals surface area (Å²) < 4.78 is 28.0. The van der Waals surface area contributed by atoms with Crippen LogP contribution in [-0.4, -0.2) is 48.8 Å². The summed E-state index contributed by atoms with van der Waals surface area (Å²) in [6.07, 6.45) is 5.29. The molecule has 148 valence electrons. The number of amides is 1. The van der Waals surface area contributed by atoms with E-state index in [-0.39, 0.29) is 11.8 Å². The van der Waals surface area contributed by atoms with Crippen molar-refractivity contribution in [2.24, 2.45) is 10.9 Å². The Hall–Kier alpha value is -1.16. The van der Waals surface area contributed by atoms with Gasteiger partial charge in [-0.2, -0.15) is 4.99 Å². The number of fused-ring (bicyclic) bond motifs is 1. The SMILES string of the molecule is CCCn1c(=NC(=O)C2CCN(S(C)(=O)=O)CC2)sc2cc(SC)ccc21. The molecule has 0 bridgehead atoms. The second kappa shape index (κ2) is 8.46. The van der Waals surface area contributed by atoms with Gasteiger partial charge >= 0.3 is 0 Å². The number of carbonyl (C=O) groups excluding carboxylic acids is 1. The minimum absolute atomic E-state index is 0.135. The van der Waals surface area contributed by atoms with Crippen LogP contribution in [0.3, 0.4) is 0 Å². The van der Waals surface area contributed by atoms with Crippen molar-refractivity contribution >= 4 is 49.2 Å². The number of hydrogen-bond donors (Lipinski definition) is 0. The molecule has 1 aromatic heterocycles. The van der Waals surface area contributed by atoms with Crippen LogP contribution >= 0.6 is 23.1 Å². The van der Waals surface area contributed by atoms with Crippen molar-refractivity contribution in [1.82, 2.24) is 8.87 Å². The molecule has 0 N–H and O–H groups in total. The van der Waals surface area contributed by atoms with Gasteiger partial charge in [-0.3, -0.25) is 4.79 Å². The van der Waals surface area contributed by atoms with E-state index in [2.05, 4.69) is 34.7 Å². The molecule has 2 heterocycles. The maximum absolute atomic E-state index is 12.7. The lowest BCUT2D eigenvalue weighted by Gasteiger charge is -2.28. The van der Waals surface area contributed by atoms with Crippen LogP contribution in [0.25, 0.3) is 10.2 Å². The predicted octanol–water partition coefficient (Wildman–Crippen LogP) is 2.93. The van der Waals surface area contributed by atoms with E-state index in [9.17, 15) is 13.2 Å². The third-order valence-electron chi connectivity index (χ3n) is 4.82. The van der Waals surface area contributed by atoms with E-state index < -0.39 is 10.0 Å². The van der Waals surface area contributed by atoms with Crippen molar-refractivity contribution in [3.8, 4) is 0 Å². The molecule has 1 saturated heterocycles. The number of thiazole rings is 1. The largest absolute Gasteiger partial charge is 0.316 e. The molecule has 1 aliphatic rings. The minimum Gasteiger partial charge on any atom is -0.316 e. The fourth-order valence-corrected chi connectivity index (χ4v) is 5.81. The van der Waals surface area contributed by atoms with Gasteiger partial charge in [0, 0.05) is 30.4 Å². The van der Waals surface area contributed by atoms with Crippen LogP contribution in [0.4, 0.5) is 0 Å². The lowest BCUT2D eigenvalue weighted by molar-refractivity contribution is -0.122. The summed E-state index contributed by atoms with van der Waals surface area (Å²) in [5.41, 5.74) is 1.11. The van der Waals surface area contributed by atoms with E-state index in [0.29, 0.717) is 25.9 Å². The van der Waals surface area contributed by atoms with Crippen LogP contribution in [-0.2, 0) is 21.4 Å². The molecular formula is C18H25N3O3S3. The number of carbonyl (C=O) groups is 1. The average molecular weight is 428 g/mol. The van der Waals surface area contributed by atoms with Gasteiger partial charge < -0.3 is 4.57 Å². The van der Waals surface area contributed by atoms with Crippen molar-refractivity contribution in [1.29, 1.82) is 0 Å². The van der Waals surface area contributed by atoms with Gasteiger partial charge in [-0.05, 0) is 43.7 Å². The van der Waals surface area contributed by atoms with Gasteiger partial charge in [0.15, 0.2) is 4.80 Å². The Morgan fingerprint density at radius 1 is 1.33 bits per heavy atom. The normalized spacial score (nSPS) is 17.7. The summed E-state index contributed by atoms with van der Waals surface area (Å²) in [7, 11) is -3.18. The van der Waals surface area contributed by atoms with Crippen LogP contribution in [0, 0.1) is 5.92 Å². The molecule has 0 spiro atoms. The fourth-order valence-electron chi connectivity index (χ4n) is 3.33. The Bertz CT molecular complexity index is 1000. The predicted molar refractivity (Wildman–Crippen MR) is 112 cm³/mol. The van der Waals surface area contributed by atoms with Crippen LogP contribution in [0.1, 0.15) is 26.2 Å². The van der Waals surface area contributed by atoms with Crippen molar-refractivity contribution in [3.63, 3.8) is 0 Å². The maximum atomic E-state index is 12.7. The van der Waals surface area contributed by atoms with Gasteiger partial charge in [0.25, 0.3) is 5.91 Å². The van der Waals surface area contributed by atoms with Crippen LogP contribution in [0.2, 0.25) is 0 Å². The molecule has 1 fully saturated rings. The van der Waals surface area contributed by atoms with Gasteiger partial charge in [-0.15, -0.1) is 11.8 Å². The monoisotopic (exact) mass is 427 g/mol. The Morgan fingerprint density at radius 3 is 2.63 bits per heavy atom. The first-order valence-electron chi connectivity index (χ1n) is 9.04. The molecule has 0 aliphatic carbocycles. The molecule has 1 amide bonds. The van der Waals surface area contributed by atoms with Crippen LogP contribution < -0.4 is 4.80 Å². The topological polar surface area (TPSA) is 71.7 Å². The lowest BCUT2D eigenvalue weighted by Crippen LogP contribution is -2.39. The maximum Gasteiger partial charge on any atom is 0.251 e. The van der Waals surface area contributed by atoms with Crippen LogP contribution in [0.5, 0.6) is 0 Å². The zero-order chi connectivity index (χ0) is 19.6. The zero-order valence-electron chi connectivity index (χ0n) is 15.8. The van der Waals surface area contributed by atoms with E-state index in [1.54, 1.807) is 23.1 Å². The van der Waals surface area contributed by atoms with Gasteiger partial charge in [-0.1, -0.05) is 18.3 Å². The van der Waals surface area contributed by atoms with Crippen molar-refractivity contribution in [2.75, 3.05) is 25.6 Å². The van der Waals surface area contributed by atoms with Gasteiger partial charge in [0.1, 0.15) is 0 Å². The summed E-state index contributed by atoms with van der Waals surface area (Å²) >= 11 is 3.24. The van der Waals surface area contributed by atoms with E-state index in [1.807, 2.05) is 6.26 Å². The molecular weight excluding hydrogens is 402 g/mol. The zero-order valence-corrected chi connectivity index (χ0v) is 18.3. The molecule has 0 atom stereocenters. The Balaban J connectivity index is 1.88. The van der Waals surface area contributed by atoms with E-state index in [1.165, 1.54) is 15.5 Å². The Morgan fingerprint density at radius 2 is 2.04 bits per heavy atom. The molecule has 1 aliphatic heterocycles. The second-order valence-electron chi connectivity index (χ2n) is 6.76.